The first-order valence-electron chi connectivity index (χ1n) is 7.30. The van der Waals surface area contributed by atoms with Crippen molar-refractivity contribution >= 4 is 11.6 Å². The molecule has 1 aromatic carbocycles. The van der Waals surface area contributed by atoms with E-state index >= 15 is 0 Å². The normalized spacial score (nSPS) is 19.5. The van der Waals surface area contributed by atoms with Crippen molar-refractivity contribution in [3.05, 3.63) is 42.0 Å². The molecule has 2 aliphatic rings. The second kappa shape index (κ2) is 5.77. The molecule has 3 rings (SSSR count). The summed E-state index contributed by atoms with van der Waals surface area (Å²) in [5.41, 5.74) is 2.63. The van der Waals surface area contributed by atoms with Crippen molar-refractivity contribution in [1.29, 1.82) is 0 Å². The van der Waals surface area contributed by atoms with Gasteiger partial charge >= 0.3 is 0 Å². The maximum atomic E-state index is 12.3. The van der Waals surface area contributed by atoms with E-state index < -0.39 is 0 Å². The van der Waals surface area contributed by atoms with Crippen LogP contribution in [0, 0.1) is 0 Å². The minimum Gasteiger partial charge on any atom is -0.314 e. The molecule has 0 saturated carbocycles. The third-order valence-electron chi connectivity index (χ3n) is 4.11. The Morgan fingerprint density at radius 3 is 2.50 bits per heavy atom. The molecule has 4 heteroatoms. The first kappa shape index (κ1) is 13.3. The van der Waals surface area contributed by atoms with Crippen molar-refractivity contribution in [3.63, 3.8) is 0 Å². The van der Waals surface area contributed by atoms with E-state index in [1.165, 1.54) is 0 Å². The molecule has 2 heterocycles. The number of nitrogens with zero attached hydrogens (tertiary/aromatic N) is 2. The third-order valence-corrected chi connectivity index (χ3v) is 4.11. The van der Waals surface area contributed by atoms with Crippen LogP contribution in [0.5, 0.6) is 0 Å². The summed E-state index contributed by atoms with van der Waals surface area (Å²) in [7, 11) is 0. The Kier molecular flexibility index (Phi) is 3.85. The first-order valence-corrected chi connectivity index (χ1v) is 7.30. The summed E-state index contributed by atoms with van der Waals surface area (Å²) >= 11 is 0. The van der Waals surface area contributed by atoms with E-state index in [4.69, 9.17) is 0 Å². The number of rotatable bonds is 4. The summed E-state index contributed by atoms with van der Waals surface area (Å²) in [5, 5.41) is 3.35. The molecule has 0 atom stereocenters. The SMILES string of the molecule is C=C1c2ccccc2C(=O)N1CCCN1CCNCC1. The van der Waals surface area contributed by atoms with Crippen LogP contribution < -0.4 is 5.32 Å². The van der Waals surface area contributed by atoms with E-state index in [0.717, 1.165) is 62.5 Å². The zero-order valence-corrected chi connectivity index (χ0v) is 11.8. The van der Waals surface area contributed by atoms with Crippen LogP contribution in [0.4, 0.5) is 0 Å². The van der Waals surface area contributed by atoms with E-state index in [0.29, 0.717) is 0 Å². The van der Waals surface area contributed by atoms with E-state index in [2.05, 4.69) is 16.8 Å². The van der Waals surface area contributed by atoms with Gasteiger partial charge in [0.05, 0.1) is 0 Å². The predicted octanol–water partition coefficient (Wildman–Crippen LogP) is 1.41. The number of hydrogen-bond donors (Lipinski definition) is 1. The van der Waals surface area contributed by atoms with Crippen LogP contribution in [0.3, 0.4) is 0 Å². The van der Waals surface area contributed by atoms with Crippen LogP contribution in [0.2, 0.25) is 0 Å². The summed E-state index contributed by atoms with van der Waals surface area (Å²) in [6.45, 7) is 10.2. The van der Waals surface area contributed by atoms with Crippen LogP contribution in [0.15, 0.2) is 30.8 Å². The molecule has 1 saturated heterocycles. The Morgan fingerprint density at radius 2 is 1.80 bits per heavy atom. The Morgan fingerprint density at radius 1 is 1.10 bits per heavy atom. The standard InChI is InChI=1S/C16H21N3O/c1-13-14-5-2-3-6-15(14)16(20)19(13)10-4-9-18-11-7-17-8-12-18/h2-3,5-6,17H,1,4,7-12H2. The fourth-order valence-electron chi connectivity index (χ4n) is 2.96. The largest absolute Gasteiger partial charge is 0.314 e. The maximum Gasteiger partial charge on any atom is 0.258 e. The van der Waals surface area contributed by atoms with Gasteiger partial charge < -0.3 is 15.1 Å². The Bertz CT molecular complexity index is 485. The van der Waals surface area contributed by atoms with Crippen LogP contribution in [-0.2, 0) is 0 Å². The van der Waals surface area contributed by atoms with Gasteiger partial charge in [-0.2, -0.15) is 0 Å². The lowest BCUT2D eigenvalue weighted by atomic mass is 10.1. The number of hydrogen-bond acceptors (Lipinski definition) is 3. The Balaban J connectivity index is 1.56. The number of benzene rings is 1. The van der Waals surface area contributed by atoms with Gasteiger partial charge in [-0.3, -0.25) is 4.79 Å². The van der Waals surface area contributed by atoms with Crippen molar-refractivity contribution in [1.82, 2.24) is 15.1 Å². The Hall–Kier alpha value is -1.65. The van der Waals surface area contributed by atoms with Crippen LogP contribution in [0.25, 0.3) is 5.70 Å². The lowest BCUT2D eigenvalue weighted by Crippen LogP contribution is -2.44. The second-order valence-electron chi connectivity index (χ2n) is 5.39. The van der Waals surface area contributed by atoms with Gasteiger partial charge in [-0.1, -0.05) is 24.8 Å². The molecule has 106 valence electrons. The molecule has 0 aliphatic carbocycles. The van der Waals surface area contributed by atoms with Gasteiger partial charge in [0, 0.05) is 49.5 Å². The molecule has 2 aliphatic heterocycles. The quantitative estimate of drug-likeness (QED) is 0.899. The molecule has 1 N–H and O–H groups in total. The van der Waals surface area contributed by atoms with E-state index in [1.807, 2.05) is 29.2 Å². The van der Waals surface area contributed by atoms with Gasteiger partial charge in [0.25, 0.3) is 5.91 Å². The van der Waals surface area contributed by atoms with E-state index in [1.54, 1.807) is 0 Å². The number of nitrogens with one attached hydrogen (secondary N) is 1. The molecule has 0 aromatic heterocycles. The van der Waals surface area contributed by atoms with Gasteiger partial charge in [-0.15, -0.1) is 0 Å². The maximum absolute atomic E-state index is 12.3. The summed E-state index contributed by atoms with van der Waals surface area (Å²) in [4.78, 5) is 16.6. The van der Waals surface area contributed by atoms with Crippen molar-refractivity contribution in [2.45, 2.75) is 6.42 Å². The van der Waals surface area contributed by atoms with Crippen LogP contribution >= 0.6 is 0 Å². The lowest BCUT2D eigenvalue weighted by Gasteiger charge is -2.28. The number of carbonyl (C=O) groups is 1. The highest BCUT2D eigenvalue weighted by Crippen LogP contribution is 2.30. The predicted molar refractivity (Wildman–Crippen MR) is 80.4 cm³/mol. The molecular formula is C16H21N3O. The highest BCUT2D eigenvalue weighted by molar-refractivity contribution is 6.08. The summed E-state index contributed by atoms with van der Waals surface area (Å²) in [6, 6.07) is 7.74. The number of fused-ring (bicyclic) bond motifs is 1. The summed E-state index contributed by atoms with van der Waals surface area (Å²) in [6.07, 6.45) is 0.999. The average Bonchev–Trinajstić information content (AvgIpc) is 2.74. The molecule has 1 fully saturated rings. The molecule has 20 heavy (non-hydrogen) atoms. The zero-order chi connectivity index (χ0) is 13.9. The highest BCUT2D eigenvalue weighted by Gasteiger charge is 2.29. The zero-order valence-electron chi connectivity index (χ0n) is 11.8. The number of piperazine rings is 1. The topological polar surface area (TPSA) is 35.6 Å². The first-order chi connectivity index (χ1) is 9.77. The fraction of sp³-hybridized carbons (Fsp3) is 0.438. The molecule has 0 spiro atoms. The van der Waals surface area contributed by atoms with E-state index in [-0.39, 0.29) is 5.91 Å². The van der Waals surface area contributed by atoms with Crippen molar-refractivity contribution in [2.75, 3.05) is 39.3 Å². The lowest BCUT2D eigenvalue weighted by molar-refractivity contribution is 0.0845. The molecule has 1 amide bonds. The molecular weight excluding hydrogens is 250 g/mol. The minimum absolute atomic E-state index is 0.103. The van der Waals surface area contributed by atoms with Gasteiger partial charge in [-0.25, -0.2) is 0 Å². The van der Waals surface area contributed by atoms with E-state index in [9.17, 15) is 4.79 Å². The molecule has 4 nitrogen and oxygen atoms in total. The summed E-state index contributed by atoms with van der Waals surface area (Å²) in [5.74, 6) is 0.103. The van der Waals surface area contributed by atoms with Gasteiger partial charge in [0.15, 0.2) is 0 Å². The molecule has 0 bridgehead atoms. The minimum atomic E-state index is 0.103. The van der Waals surface area contributed by atoms with Crippen molar-refractivity contribution in [3.8, 4) is 0 Å². The number of amides is 1. The van der Waals surface area contributed by atoms with Crippen molar-refractivity contribution < 1.29 is 4.79 Å². The van der Waals surface area contributed by atoms with Gasteiger partial charge in [0.1, 0.15) is 0 Å². The van der Waals surface area contributed by atoms with Gasteiger partial charge in [0.2, 0.25) is 0 Å². The second-order valence-corrected chi connectivity index (χ2v) is 5.39. The van der Waals surface area contributed by atoms with Crippen LogP contribution in [-0.4, -0.2) is 55.0 Å². The average molecular weight is 271 g/mol. The van der Waals surface area contributed by atoms with Crippen molar-refractivity contribution in [2.24, 2.45) is 0 Å². The fourth-order valence-corrected chi connectivity index (χ4v) is 2.96. The van der Waals surface area contributed by atoms with Crippen LogP contribution in [0.1, 0.15) is 22.3 Å². The highest BCUT2D eigenvalue weighted by atomic mass is 16.2. The third kappa shape index (κ3) is 2.49. The molecule has 1 aromatic rings. The monoisotopic (exact) mass is 271 g/mol. The molecule has 0 unspecified atom stereocenters. The summed E-state index contributed by atoms with van der Waals surface area (Å²) < 4.78 is 0. The Labute approximate surface area is 120 Å². The van der Waals surface area contributed by atoms with Gasteiger partial charge in [-0.05, 0) is 19.0 Å². The molecule has 0 radical (unpaired) electrons. The smallest absolute Gasteiger partial charge is 0.258 e. The number of carbonyl (C=O) groups excluding carboxylic acids is 1.